The number of rotatable bonds is 10. The Labute approximate surface area is 202 Å². The Morgan fingerprint density at radius 2 is 1.76 bits per heavy atom. The molecule has 3 aromatic rings. The second kappa shape index (κ2) is 12.0. The van der Waals surface area contributed by atoms with Crippen LogP contribution in [0.3, 0.4) is 0 Å². The van der Waals surface area contributed by atoms with Crippen molar-refractivity contribution in [3.05, 3.63) is 81.1 Å². The third-order valence-corrected chi connectivity index (χ3v) is 6.53. The van der Waals surface area contributed by atoms with E-state index in [1.165, 1.54) is 11.1 Å². The minimum Gasteiger partial charge on any atom is -0.363 e. The second-order valence-corrected chi connectivity index (χ2v) is 9.00. The van der Waals surface area contributed by atoms with Crippen molar-refractivity contribution < 1.29 is 0 Å². The largest absolute Gasteiger partial charge is 0.363 e. The highest BCUT2D eigenvalue weighted by Gasteiger charge is 2.14. The van der Waals surface area contributed by atoms with Crippen LogP contribution in [0.15, 0.2) is 53.3 Å². The minimum atomic E-state index is -0.0601. The molecule has 0 saturated heterocycles. The SMILES string of the molecule is CCN(CC)CCCNC(=S)N(Cc1ccc(C)cc1)Cc1cc2cccc(C)c2[nH]c1=O. The van der Waals surface area contributed by atoms with Crippen LogP contribution in [-0.2, 0) is 13.1 Å². The molecule has 0 radical (unpaired) electrons. The highest BCUT2D eigenvalue weighted by Crippen LogP contribution is 2.17. The molecule has 0 aliphatic carbocycles. The Morgan fingerprint density at radius 1 is 1.03 bits per heavy atom. The molecule has 2 N–H and O–H groups in total. The quantitative estimate of drug-likeness (QED) is 0.335. The molecule has 1 heterocycles. The Kier molecular flexibility index (Phi) is 9.03. The monoisotopic (exact) mass is 464 g/mol. The maximum absolute atomic E-state index is 12.9. The van der Waals surface area contributed by atoms with Gasteiger partial charge in [0, 0.05) is 18.7 Å². The van der Waals surface area contributed by atoms with E-state index in [0.29, 0.717) is 23.8 Å². The molecule has 0 saturated carbocycles. The van der Waals surface area contributed by atoms with Gasteiger partial charge in [-0.15, -0.1) is 0 Å². The molecule has 0 spiro atoms. The number of nitrogens with one attached hydrogen (secondary N) is 2. The van der Waals surface area contributed by atoms with Crippen molar-refractivity contribution in [2.45, 2.75) is 47.2 Å². The number of thiocarbonyl (C=S) groups is 1. The molecule has 0 amide bonds. The summed E-state index contributed by atoms with van der Waals surface area (Å²) in [6.45, 7) is 13.6. The van der Waals surface area contributed by atoms with Gasteiger partial charge in [0.15, 0.2) is 5.11 Å². The van der Waals surface area contributed by atoms with E-state index in [0.717, 1.165) is 49.1 Å². The first-order chi connectivity index (χ1) is 15.9. The van der Waals surface area contributed by atoms with Crippen LogP contribution in [0.5, 0.6) is 0 Å². The molecule has 0 aliphatic rings. The van der Waals surface area contributed by atoms with Crippen LogP contribution in [-0.4, -0.2) is 46.1 Å². The van der Waals surface area contributed by atoms with E-state index < -0.39 is 0 Å². The van der Waals surface area contributed by atoms with Crippen molar-refractivity contribution in [1.82, 2.24) is 20.1 Å². The summed E-state index contributed by atoms with van der Waals surface area (Å²) < 4.78 is 0. The van der Waals surface area contributed by atoms with Crippen LogP contribution in [0.25, 0.3) is 10.9 Å². The second-order valence-electron chi connectivity index (χ2n) is 8.62. The standard InChI is InChI=1S/C27H36N4OS/c1-5-30(6-2)16-8-15-28-27(33)31(18-22-13-11-20(3)12-14-22)19-24-17-23-10-7-9-21(4)25(23)29-26(24)32/h7,9-14,17H,5-6,8,15-16,18-19H2,1-4H3,(H,28,33)(H,29,32). The molecule has 0 bridgehead atoms. The number of aromatic amines is 1. The molecule has 3 rings (SSSR count). The van der Waals surface area contributed by atoms with Crippen LogP contribution >= 0.6 is 12.2 Å². The molecule has 5 nitrogen and oxygen atoms in total. The topological polar surface area (TPSA) is 51.4 Å². The third kappa shape index (κ3) is 6.89. The molecule has 0 aliphatic heterocycles. The predicted molar refractivity (Wildman–Crippen MR) is 143 cm³/mol. The summed E-state index contributed by atoms with van der Waals surface area (Å²) in [5.74, 6) is 0. The van der Waals surface area contributed by atoms with E-state index in [9.17, 15) is 4.79 Å². The number of hydrogen-bond donors (Lipinski definition) is 2. The maximum atomic E-state index is 12.9. The van der Waals surface area contributed by atoms with E-state index >= 15 is 0 Å². The number of pyridine rings is 1. The molecular formula is C27H36N4OS. The molecule has 1 aromatic heterocycles. The number of aromatic nitrogens is 1. The summed E-state index contributed by atoms with van der Waals surface area (Å²) in [5.41, 5.74) is 5.01. The summed E-state index contributed by atoms with van der Waals surface area (Å²) in [7, 11) is 0. The third-order valence-electron chi connectivity index (χ3n) is 6.13. The number of fused-ring (bicyclic) bond motifs is 1. The van der Waals surface area contributed by atoms with Crippen molar-refractivity contribution in [3.63, 3.8) is 0 Å². The van der Waals surface area contributed by atoms with E-state index in [4.69, 9.17) is 12.2 Å². The fraction of sp³-hybridized carbons (Fsp3) is 0.407. The van der Waals surface area contributed by atoms with Gasteiger partial charge in [0.1, 0.15) is 0 Å². The van der Waals surface area contributed by atoms with Gasteiger partial charge in [-0.05, 0) is 74.7 Å². The lowest BCUT2D eigenvalue weighted by Gasteiger charge is -2.26. The van der Waals surface area contributed by atoms with Gasteiger partial charge in [-0.3, -0.25) is 4.79 Å². The van der Waals surface area contributed by atoms with Crippen LogP contribution in [0.4, 0.5) is 0 Å². The summed E-state index contributed by atoms with van der Waals surface area (Å²) in [6.07, 6.45) is 1.02. The summed E-state index contributed by atoms with van der Waals surface area (Å²) >= 11 is 5.78. The highest BCUT2D eigenvalue weighted by atomic mass is 32.1. The first-order valence-electron chi connectivity index (χ1n) is 11.8. The summed E-state index contributed by atoms with van der Waals surface area (Å²) in [6, 6.07) is 16.5. The zero-order chi connectivity index (χ0) is 23.8. The number of nitrogens with zero attached hydrogens (tertiary/aromatic N) is 2. The van der Waals surface area contributed by atoms with Gasteiger partial charge >= 0.3 is 0 Å². The van der Waals surface area contributed by atoms with E-state index in [2.05, 4.69) is 65.1 Å². The van der Waals surface area contributed by atoms with Crippen LogP contribution in [0, 0.1) is 13.8 Å². The smallest absolute Gasteiger partial charge is 0.253 e. The molecule has 33 heavy (non-hydrogen) atoms. The van der Waals surface area contributed by atoms with Gasteiger partial charge in [0.05, 0.1) is 12.1 Å². The van der Waals surface area contributed by atoms with Gasteiger partial charge in [-0.25, -0.2) is 0 Å². The molecule has 0 fully saturated rings. The average molecular weight is 465 g/mol. The fourth-order valence-corrected chi connectivity index (χ4v) is 4.25. The van der Waals surface area contributed by atoms with Crippen molar-refractivity contribution in [2.75, 3.05) is 26.2 Å². The van der Waals surface area contributed by atoms with E-state index in [-0.39, 0.29) is 5.56 Å². The highest BCUT2D eigenvalue weighted by molar-refractivity contribution is 7.80. The zero-order valence-corrected chi connectivity index (χ0v) is 21.1. The maximum Gasteiger partial charge on any atom is 0.253 e. The van der Waals surface area contributed by atoms with Crippen LogP contribution in [0.1, 0.15) is 42.5 Å². The van der Waals surface area contributed by atoms with Gasteiger partial charge in [-0.1, -0.05) is 61.9 Å². The molecule has 0 unspecified atom stereocenters. The average Bonchev–Trinajstić information content (AvgIpc) is 2.81. The van der Waals surface area contributed by atoms with E-state index in [1.807, 2.05) is 31.2 Å². The Morgan fingerprint density at radius 3 is 2.45 bits per heavy atom. The van der Waals surface area contributed by atoms with Gasteiger partial charge in [0.2, 0.25) is 0 Å². The van der Waals surface area contributed by atoms with Crippen molar-refractivity contribution in [1.29, 1.82) is 0 Å². The lowest BCUT2D eigenvalue weighted by atomic mass is 10.1. The van der Waals surface area contributed by atoms with Gasteiger partial charge < -0.3 is 20.1 Å². The lowest BCUT2D eigenvalue weighted by Crippen LogP contribution is -2.41. The summed E-state index contributed by atoms with van der Waals surface area (Å²) in [5, 5.41) is 5.14. The summed E-state index contributed by atoms with van der Waals surface area (Å²) in [4.78, 5) is 20.5. The number of aryl methyl sites for hydroxylation is 2. The van der Waals surface area contributed by atoms with Crippen molar-refractivity contribution in [2.24, 2.45) is 0 Å². The Hall–Kier alpha value is -2.70. The predicted octanol–water partition coefficient (Wildman–Crippen LogP) is 4.75. The Balaban J connectivity index is 1.77. The molecule has 0 atom stereocenters. The van der Waals surface area contributed by atoms with Crippen molar-refractivity contribution in [3.8, 4) is 0 Å². The number of H-pyrrole nitrogens is 1. The van der Waals surface area contributed by atoms with Crippen LogP contribution < -0.4 is 10.9 Å². The van der Waals surface area contributed by atoms with Gasteiger partial charge in [0.25, 0.3) is 5.56 Å². The van der Waals surface area contributed by atoms with Crippen molar-refractivity contribution >= 4 is 28.2 Å². The number of benzene rings is 2. The zero-order valence-electron chi connectivity index (χ0n) is 20.3. The lowest BCUT2D eigenvalue weighted by molar-refractivity contribution is 0.299. The number of hydrogen-bond acceptors (Lipinski definition) is 3. The fourth-order valence-electron chi connectivity index (χ4n) is 4.01. The molecule has 176 valence electrons. The molecular weight excluding hydrogens is 428 g/mol. The minimum absolute atomic E-state index is 0.0601. The Bertz CT molecular complexity index is 1120. The first-order valence-corrected chi connectivity index (χ1v) is 12.2. The van der Waals surface area contributed by atoms with E-state index in [1.54, 1.807) is 0 Å². The van der Waals surface area contributed by atoms with Crippen LogP contribution in [0.2, 0.25) is 0 Å². The molecule has 2 aromatic carbocycles. The normalized spacial score (nSPS) is 11.2. The first kappa shape index (κ1) is 24.9. The molecule has 6 heteroatoms. The number of para-hydroxylation sites is 1. The van der Waals surface area contributed by atoms with Gasteiger partial charge in [-0.2, -0.15) is 0 Å².